The molecule has 0 aliphatic heterocycles. The highest BCUT2D eigenvalue weighted by Crippen LogP contribution is 2.25. The van der Waals surface area contributed by atoms with Crippen LogP contribution in [0.3, 0.4) is 0 Å². The molecule has 1 aliphatic rings. The fourth-order valence-corrected chi connectivity index (χ4v) is 1.78. The number of nitrogens with two attached hydrogens (primary N) is 1. The van der Waals surface area contributed by atoms with Crippen molar-refractivity contribution in [1.82, 2.24) is 4.90 Å². The molecule has 1 unspecified atom stereocenters. The van der Waals surface area contributed by atoms with E-state index in [0.717, 1.165) is 12.8 Å². The number of nitrogens with zero attached hydrogens (tertiary/aromatic N) is 2. The SMILES string of the molecule is CCC(C(=O)N(C)C1CCC1)C(N)=NO. The van der Waals surface area contributed by atoms with Crippen LogP contribution < -0.4 is 5.73 Å². The van der Waals surface area contributed by atoms with Crippen LogP contribution in [0.5, 0.6) is 0 Å². The van der Waals surface area contributed by atoms with Gasteiger partial charge in [0.15, 0.2) is 5.84 Å². The lowest BCUT2D eigenvalue weighted by molar-refractivity contribution is -0.135. The van der Waals surface area contributed by atoms with Crippen LogP contribution >= 0.6 is 0 Å². The molecular weight excluding hydrogens is 194 g/mol. The zero-order valence-corrected chi connectivity index (χ0v) is 9.31. The van der Waals surface area contributed by atoms with Gasteiger partial charge in [-0.05, 0) is 25.7 Å². The van der Waals surface area contributed by atoms with Gasteiger partial charge in [-0.25, -0.2) is 0 Å². The molecule has 5 nitrogen and oxygen atoms in total. The van der Waals surface area contributed by atoms with Gasteiger partial charge in [-0.3, -0.25) is 4.79 Å². The predicted molar refractivity (Wildman–Crippen MR) is 57.6 cm³/mol. The number of carbonyl (C=O) groups excluding carboxylic acids is 1. The van der Waals surface area contributed by atoms with Gasteiger partial charge < -0.3 is 15.8 Å². The lowest BCUT2D eigenvalue weighted by Gasteiger charge is -2.36. The summed E-state index contributed by atoms with van der Waals surface area (Å²) in [5.41, 5.74) is 5.48. The number of amidine groups is 1. The number of amides is 1. The molecule has 86 valence electrons. The van der Waals surface area contributed by atoms with Crippen molar-refractivity contribution in [1.29, 1.82) is 0 Å². The molecule has 0 heterocycles. The molecule has 0 aromatic rings. The van der Waals surface area contributed by atoms with E-state index in [0.29, 0.717) is 12.5 Å². The molecule has 1 atom stereocenters. The van der Waals surface area contributed by atoms with Crippen molar-refractivity contribution in [3.63, 3.8) is 0 Å². The lowest BCUT2D eigenvalue weighted by Crippen LogP contribution is -2.47. The second kappa shape index (κ2) is 5.00. The van der Waals surface area contributed by atoms with E-state index in [-0.39, 0.29) is 11.7 Å². The summed E-state index contributed by atoms with van der Waals surface area (Å²) in [6.07, 6.45) is 3.87. The van der Waals surface area contributed by atoms with Crippen molar-refractivity contribution >= 4 is 11.7 Å². The molecular formula is C10H19N3O2. The largest absolute Gasteiger partial charge is 0.409 e. The minimum Gasteiger partial charge on any atom is -0.409 e. The Balaban J connectivity index is 2.63. The van der Waals surface area contributed by atoms with E-state index in [9.17, 15) is 4.79 Å². The van der Waals surface area contributed by atoms with Crippen LogP contribution in [-0.2, 0) is 4.79 Å². The third-order valence-electron chi connectivity index (χ3n) is 3.15. The highest BCUT2D eigenvalue weighted by Gasteiger charge is 2.31. The first kappa shape index (κ1) is 11.8. The molecule has 0 radical (unpaired) electrons. The third-order valence-corrected chi connectivity index (χ3v) is 3.15. The highest BCUT2D eigenvalue weighted by atomic mass is 16.4. The van der Waals surface area contributed by atoms with E-state index in [4.69, 9.17) is 10.9 Å². The van der Waals surface area contributed by atoms with Crippen molar-refractivity contribution in [2.45, 2.75) is 38.6 Å². The van der Waals surface area contributed by atoms with Gasteiger partial charge in [0.2, 0.25) is 5.91 Å². The summed E-state index contributed by atoms with van der Waals surface area (Å²) in [5.74, 6) is -0.522. The van der Waals surface area contributed by atoms with Crippen LogP contribution in [0.1, 0.15) is 32.6 Å². The standard InChI is InChI=1S/C10H19N3O2/c1-3-8(9(11)12-15)10(14)13(2)7-5-4-6-7/h7-8,15H,3-6H2,1-2H3,(H2,11,12). The number of carbonyl (C=O) groups is 1. The van der Waals surface area contributed by atoms with Gasteiger partial charge in [-0.1, -0.05) is 12.1 Å². The summed E-state index contributed by atoms with van der Waals surface area (Å²) >= 11 is 0. The zero-order chi connectivity index (χ0) is 11.4. The van der Waals surface area contributed by atoms with E-state index in [1.54, 1.807) is 11.9 Å². The van der Waals surface area contributed by atoms with Gasteiger partial charge >= 0.3 is 0 Å². The first-order valence-electron chi connectivity index (χ1n) is 5.35. The Hall–Kier alpha value is -1.26. The number of rotatable bonds is 4. The maximum absolute atomic E-state index is 12.0. The Morgan fingerprint density at radius 2 is 2.27 bits per heavy atom. The van der Waals surface area contributed by atoms with Crippen LogP contribution in [0.15, 0.2) is 5.16 Å². The van der Waals surface area contributed by atoms with Crippen LogP contribution in [0, 0.1) is 5.92 Å². The Morgan fingerprint density at radius 1 is 1.67 bits per heavy atom. The van der Waals surface area contributed by atoms with E-state index in [1.807, 2.05) is 6.92 Å². The van der Waals surface area contributed by atoms with E-state index in [2.05, 4.69) is 5.16 Å². The molecule has 0 saturated heterocycles. The minimum atomic E-state index is -0.486. The number of hydrogen-bond acceptors (Lipinski definition) is 3. The smallest absolute Gasteiger partial charge is 0.233 e. The molecule has 3 N–H and O–H groups in total. The summed E-state index contributed by atoms with van der Waals surface area (Å²) in [6.45, 7) is 1.86. The topological polar surface area (TPSA) is 78.9 Å². The van der Waals surface area contributed by atoms with Gasteiger partial charge in [-0.15, -0.1) is 0 Å². The zero-order valence-electron chi connectivity index (χ0n) is 9.31. The molecule has 1 saturated carbocycles. The molecule has 1 fully saturated rings. The van der Waals surface area contributed by atoms with E-state index in [1.165, 1.54) is 6.42 Å². The van der Waals surface area contributed by atoms with Gasteiger partial charge in [0.1, 0.15) is 0 Å². The van der Waals surface area contributed by atoms with E-state index < -0.39 is 5.92 Å². The second-order valence-corrected chi connectivity index (χ2v) is 4.02. The molecule has 0 spiro atoms. The van der Waals surface area contributed by atoms with Crippen molar-refractivity contribution in [2.75, 3.05) is 7.05 Å². The Bertz CT molecular complexity index is 261. The Labute approximate surface area is 89.9 Å². The lowest BCUT2D eigenvalue weighted by atomic mass is 9.90. The first-order valence-corrected chi connectivity index (χ1v) is 5.35. The predicted octanol–water partition coefficient (Wildman–Crippen LogP) is 0.770. The summed E-state index contributed by atoms with van der Waals surface area (Å²) in [4.78, 5) is 13.7. The quantitative estimate of drug-likeness (QED) is 0.313. The average molecular weight is 213 g/mol. The number of hydrogen-bond donors (Lipinski definition) is 2. The molecule has 5 heteroatoms. The van der Waals surface area contributed by atoms with Gasteiger partial charge in [0, 0.05) is 13.1 Å². The average Bonchev–Trinajstić information content (AvgIpc) is 2.15. The monoisotopic (exact) mass is 213 g/mol. The van der Waals surface area contributed by atoms with Crippen LogP contribution in [-0.4, -0.2) is 34.9 Å². The molecule has 15 heavy (non-hydrogen) atoms. The molecule has 1 amide bonds. The fourth-order valence-electron chi connectivity index (χ4n) is 1.78. The summed E-state index contributed by atoms with van der Waals surface area (Å²) < 4.78 is 0. The molecule has 1 aliphatic carbocycles. The summed E-state index contributed by atoms with van der Waals surface area (Å²) in [5, 5.41) is 11.5. The van der Waals surface area contributed by atoms with Gasteiger partial charge in [0.25, 0.3) is 0 Å². The molecule has 0 aromatic heterocycles. The maximum Gasteiger partial charge on any atom is 0.233 e. The summed E-state index contributed by atoms with van der Waals surface area (Å²) in [6, 6.07) is 0.345. The summed E-state index contributed by atoms with van der Waals surface area (Å²) in [7, 11) is 1.79. The van der Waals surface area contributed by atoms with Crippen LogP contribution in [0.4, 0.5) is 0 Å². The van der Waals surface area contributed by atoms with Crippen molar-refractivity contribution in [3.8, 4) is 0 Å². The molecule has 0 aromatic carbocycles. The van der Waals surface area contributed by atoms with Crippen LogP contribution in [0.2, 0.25) is 0 Å². The number of oxime groups is 1. The molecule has 1 rings (SSSR count). The van der Waals surface area contributed by atoms with E-state index >= 15 is 0 Å². The Morgan fingerprint density at radius 3 is 2.60 bits per heavy atom. The van der Waals surface area contributed by atoms with Gasteiger partial charge in [-0.2, -0.15) is 0 Å². The van der Waals surface area contributed by atoms with Crippen molar-refractivity contribution in [2.24, 2.45) is 16.8 Å². The molecule has 0 bridgehead atoms. The third kappa shape index (κ3) is 2.40. The fraction of sp³-hybridized carbons (Fsp3) is 0.800. The minimum absolute atomic E-state index is 0.00803. The van der Waals surface area contributed by atoms with Crippen molar-refractivity contribution < 1.29 is 10.0 Å². The normalized spacial score (nSPS) is 19.5. The first-order chi connectivity index (χ1) is 7.11. The highest BCUT2D eigenvalue weighted by molar-refractivity contribution is 6.02. The van der Waals surface area contributed by atoms with Crippen LogP contribution in [0.25, 0.3) is 0 Å². The van der Waals surface area contributed by atoms with Crippen molar-refractivity contribution in [3.05, 3.63) is 0 Å². The van der Waals surface area contributed by atoms with Gasteiger partial charge in [0.05, 0.1) is 5.92 Å². The maximum atomic E-state index is 12.0. The second-order valence-electron chi connectivity index (χ2n) is 4.02. The Kier molecular flexibility index (Phi) is 3.94.